The molecule has 1 saturated heterocycles. The number of carbonyl (C=O) groups excluding carboxylic acids is 1. The van der Waals surface area contributed by atoms with E-state index in [0.717, 1.165) is 31.9 Å². The lowest BCUT2D eigenvalue weighted by molar-refractivity contribution is 0.0523. The van der Waals surface area contributed by atoms with E-state index in [2.05, 4.69) is 10.2 Å². The Morgan fingerprint density at radius 1 is 1.23 bits per heavy atom. The Bertz CT molecular complexity index is 794. The predicted octanol–water partition coefficient (Wildman–Crippen LogP) is 3.86. The smallest absolute Gasteiger partial charge is 0.341 e. The van der Waals surface area contributed by atoms with Crippen molar-refractivity contribution in [3.05, 3.63) is 52.8 Å². The number of nitrogens with zero attached hydrogens (tertiary/aromatic N) is 1. The molecule has 1 fully saturated rings. The van der Waals surface area contributed by atoms with E-state index in [-0.39, 0.29) is 28.7 Å². The van der Waals surface area contributed by atoms with Crippen LogP contribution in [0.25, 0.3) is 0 Å². The van der Waals surface area contributed by atoms with Crippen LogP contribution in [0.2, 0.25) is 5.02 Å². The van der Waals surface area contributed by atoms with Crippen molar-refractivity contribution in [2.75, 3.05) is 37.7 Å². The van der Waals surface area contributed by atoms with Gasteiger partial charge in [-0.1, -0.05) is 17.7 Å². The van der Waals surface area contributed by atoms with E-state index in [1.54, 1.807) is 25.1 Å². The molecular formula is C19H20ClFN2O3. The van der Waals surface area contributed by atoms with Gasteiger partial charge in [-0.3, -0.25) is 0 Å². The molecule has 1 aliphatic heterocycles. The van der Waals surface area contributed by atoms with Gasteiger partial charge in [0.1, 0.15) is 11.3 Å². The largest absolute Gasteiger partial charge is 0.462 e. The van der Waals surface area contributed by atoms with Crippen LogP contribution in [0.4, 0.5) is 10.1 Å². The van der Waals surface area contributed by atoms with E-state index in [1.165, 1.54) is 12.1 Å². The molecule has 1 N–H and O–H groups in total. The molecule has 1 aliphatic rings. The quantitative estimate of drug-likeness (QED) is 0.801. The fraction of sp³-hybridized carbons (Fsp3) is 0.316. The highest BCUT2D eigenvalue weighted by Gasteiger charge is 2.20. The molecule has 3 rings (SSSR count). The van der Waals surface area contributed by atoms with Crippen molar-refractivity contribution in [2.24, 2.45) is 0 Å². The van der Waals surface area contributed by atoms with Crippen molar-refractivity contribution < 1.29 is 18.7 Å². The highest BCUT2D eigenvalue weighted by molar-refractivity contribution is 6.30. The van der Waals surface area contributed by atoms with E-state index in [9.17, 15) is 9.18 Å². The van der Waals surface area contributed by atoms with Crippen LogP contribution >= 0.6 is 11.6 Å². The summed E-state index contributed by atoms with van der Waals surface area (Å²) in [7, 11) is 0. The maximum Gasteiger partial charge on any atom is 0.341 e. The van der Waals surface area contributed by atoms with Crippen LogP contribution in [0.3, 0.4) is 0 Å². The molecule has 0 spiro atoms. The maximum atomic E-state index is 14.2. The molecule has 0 bridgehead atoms. The lowest BCUT2D eigenvalue weighted by atomic mass is 10.1. The van der Waals surface area contributed by atoms with Crippen LogP contribution in [-0.2, 0) is 4.74 Å². The second-order valence-corrected chi connectivity index (χ2v) is 6.20. The Morgan fingerprint density at radius 2 is 2.00 bits per heavy atom. The zero-order valence-corrected chi connectivity index (χ0v) is 15.2. The van der Waals surface area contributed by atoms with Crippen molar-refractivity contribution >= 4 is 23.3 Å². The Morgan fingerprint density at radius 3 is 2.73 bits per heavy atom. The van der Waals surface area contributed by atoms with E-state index in [1.807, 2.05) is 6.07 Å². The normalized spacial score (nSPS) is 14.2. The molecule has 0 aliphatic carbocycles. The fourth-order valence-corrected chi connectivity index (χ4v) is 2.94. The summed E-state index contributed by atoms with van der Waals surface area (Å²) in [4.78, 5) is 14.4. The summed E-state index contributed by atoms with van der Waals surface area (Å²) in [6, 6.07) is 9.72. The first kappa shape index (κ1) is 18.5. The molecule has 0 radical (unpaired) electrons. The van der Waals surface area contributed by atoms with Crippen LogP contribution < -0.4 is 15.0 Å². The summed E-state index contributed by atoms with van der Waals surface area (Å²) in [6.45, 7) is 5.39. The van der Waals surface area contributed by atoms with E-state index < -0.39 is 11.8 Å². The monoisotopic (exact) mass is 378 g/mol. The van der Waals surface area contributed by atoms with Crippen LogP contribution in [-0.4, -0.2) is 38.8 Å². The SMILES string of the molecule is CCOC(=O)c1ccc(N2CCNCC2)cc1Oc1cccc(Cl)c1F. The predicted molar refractivity (Wildman–Crippen MR) is 99.0 cm³/mol. The highest BCUT2D eigenvalue weighted by Crippen LogP contribution is 2.33. The lowest BCUT2D eigenvalue weighted by Gasteiger charge is -2.30. The molecule has 2 aromatic carbocycles. The van der Waals surface area contributed by atoms with Crippen LogP contribution in [0, 0.1) is 5.82 Å². The molecule has 138 valence electrons. The molecule has 0 saturated carbocycles. The Labute approximate surface area is 156 Å². The van der Waals surface area contributed by atoms with Crippen molar-refractivity contribution in [3.63, 3.8) is 0 Å². The second kappa shape index (κ2) is 8.38. The highest BCUT2D eigenvalue weighted by atomic mass is 35.5. The lowest BCUT2D eigenvalue weighted by Crippen LogP contribution is -2.43. The van der Waals surface area contributed by atoms with Gasteiger partial charge in [0.25, 0.3) is 0 Å². The Balaban J connectivity index is 1.97. The minimum absolute atomic E-state index is 0.0412. The van der Waals surface area contributed by atoms with Gasteiger partial charge in [0.05, 0.1) is 11.6 Å². The summed E-state index contributed by atoms with van der Waals surface area (Å²) >= 11 is 5.82. The van der Waals surface area contributed by atoms with E-state index in [4.69, 9.17) is 21.1 Å². The van der Waals surface area contributed by atoms with Gasteiger partial charge in [0, 0.05) is 37.9 Å². The number of hydrogen-bond acceptors (Lipinski definition) is 5. The maximum absolute atomic E-state index is 14.2. The summed E-state index contributed by atoms with van der Waals surface area (Å²) < 4.78 is 25.0. The second-order valence-electron chi connectivity index (χ2n) is 5.79. The molecule has 0 atom stereocenters. The van der Waals surface area contributed by atoms with Gasteiger partial charge in [0.2, 0.25) is 0 Å². The van der Waals surface area contributed by atoms with Gasteiger partial charge in [-0.25, -0.2) is 9.18 Å². The van der Waals surface area contributed by atoms with Gasteiger partial charge in [-0.2, -0.15) is 0 Å². The molecule has 7 heteroatoms. The number of rotatable bonds is 5. The average Bonchev–Trinajstić information content (AvgIpc) is 2.66. The van der Waals surface area contributed by atoms with Crippen molar-refractivity contribution in [3.8, 4) is 11.5 Å². The molecule has 26 heavy (non-hydrogen) atoms. The summed E-state index contributed by atoms with van der Waals surface area (Å²) in [5.41, 5.74) is 1.14. The number of hydrogen-bond donors (Lipinski definition) is 1. The number of carbonyl (C=O) groups is 1. The molecule has 0 aromatic heterocycles. The summed E-state index contributed by atoms with van der Waals surface area (Å²) in [6.07, 6.45) is 0. The van der Waals surface area contributed by atoms with Gasteiger partial charge in [-0.15, -0.1) is 0 Å². The number of anilines is 1. The van der Waals surface area contributed by atoms with E-state index >= 15 is 0 Å². The molecule has 0 amide bonds. The number of piperazine rings is 1. The van der Waals surface area contributed by atoms with Crippen molar-refractivity contribution in [1.82, 2.24) is 5.32 Å². The first-order valence-electron chi connectivity index (χ1n) is 8.49. The van der Waals surface area contributed by atoms with Gasteiger partial charge in [-0.05, 0) is 31.2 Å². The number of benzene rings is 2. The van der Waals surface area contributed by atoms with Crippen molar-refractivity contribution in [2.45, 2.75) is 6.92 Å². The number of halogens is 2. The third-order valence-corrected chi connectivity index (χ3v) is 4.37. The van der Waals surface area contributed by atoms with Gasteiger partial charge in [0.15, 0.2) is 11.6 Å². The van der Waals surface area contributed by atoms with Crippen LogP contribution in [0.15, 0.2) is 36.4 Å². The Kier molecular flexibility index (Phi) is 5.96. The summed E-state index contributed by atoms with van der Waals surface area (Å²) in [5.74, 6) is -0.991. The third-order valence-electron chi connectivity index (χ3n) is 4.08. The fourth-order valence-electron chi connectivity index (χ4n) is 2.77. The number of esters is 1. The topological polar surface area (TPSA) is 50.8 Å². The molecular weight excluding hydrogens is 359 g/mol. The first-order chi connectivity index (χ1) is 12.6. The third kappa shape index (κ3) is 4.08. The molecule has 5 nitrogen and oxygen atoms in total. The standard InChI is InChI=1S/C19H20ClFN2O3/c1-2-25-19(24)14-7-6-13(23-10-8-22-9-11-23)12-17(14)26-16-5-3-4-15(20)18(16)21/h3-7,12,22H,2,8-11H2,1H3. The minimum atomic E-state index is -0.670. The van der Waals surface area contributed by atoms with Gasteiger partial charge >= 0.3 is 5.97 Å². The first-order valence-corrected chi connectivity index (χ1v) is 8.86. The zero-order valence-electron chi connectivity index (χ0n) is 14.4. The van der Waals surface area contributed by atoms with Gasteiger partial charge < -0.3 is 19.7 Å². The van der Waals surface area contributed by atoms with E-state index in [0.29, 0.717) is 0 Å². The molecule has 0 unspecified atom stereocenters. The molecule has 2 aromatic rings. The average molecular weight is 379 g/mol. The number of nitrogens with one attached hydrogen (secondary N) is 1. The van der Waals surface area contributed by atoms with Crippen LogP contribution in [0.1, 0.15) is 17.3 Å². The molecule has 1 heterocycles. The Hall–Kier alpha value is -2.31. The summed E-state index contributed by atoms with van der Waals surface area (Å²) in [5, 5.41) is 3.24. The number of ether oxygens (including phenoxy) is 2. The minimum Gasteiger partial charge on any atom is -0.462 e. The zero-order chi connectivity index (χ0) is 18.5. The van der Waals surface area contributed by atoms with Crippen LogP contribution in [0.5, 0.6) is 11.5 Å². The van der Waals surface area contributed by atoms with Crippen molar-refractivity contribution in [1.29, 1.82) is 0 Å².